The fourth-order valence-electron chi connectivity index (χ4n) is 2.82. The van der Waals surface area contributed by atoms with E-state index in [0.29, 0.717) is 16.8 Å². The molecular weight excluding hydrogens is 444 g/mol. The third-order valence-electron chi connectivity index (χ3n) is 4.24. The van der Waals surface area contributed by atoms with Gasteiger partial charge in [-0.3, -0.25) is 10.1 Å². The van der Waals surface area contributed by atoms with Crippen molar-refractivity contribution in [3.05, 3.63) is 71.9 Å². The first kappa shape index (κ1) is 23.7. The van der Waals surface area contributed by atoms with Crippen LogP contribution in [0.15, 0.2) is 60.8 Å². The molecule has 1 amide bonds. The molecular formula is C23H22N4O5S. The largest absolute Gasteiger partial charge is 0.462 e. The van der Waals surface area contributed by atoms with Crippen molar-refractivity contribution < 1.29 is 23.9 Å². The lowest BCUT2D eigenvalue weighted by Gasteiger charge is -2.11. The molecule has 2 aromatic carbocycles. The van der Waals surface area contributed by atoms with E-state index in [-0.39, 0.29) is 18.1 Å². The number of aromatic nitrogens is 2. The SMILES string of the molecule is CCOC(=O)c1cnc(NC(=O)COC(=O)c2cccc(NSC)c2)nc1-c1ccccc1. The molecule has 0 saturated heterocycles. The Balaban J connectivity index is 1.70. The first-order valence-electron chi connectivity index (χ1n) is 9.97. The molecule has 33 heavy (non-hydrogen) atoms. The molecule has 0 unspecified atom stereocenters. The van der Waals surface area contributed by atoms with Crippen LogP contribution in [0.25, 0.3) is 11.3 Å². The van der Waals surface area contributed by atoms with Gasteiger partial charge in [0.2, 0.25) is 5.95 Å². The Labute approximate surface area is 195 Å². The lowest BCUT2D eigenvalue weighted by atomic mass is 10.1. The maximum absolute atomic E-state index is 12.3. The predicted molar refractivity (Wildman–Crippen MR) is 126 cm³/mol. The lowest BCUT2D eigenvalue weighted by molar-refractivity contribution is -0.119. The molecule has 3 aromatic rings. The van der Waals surface area contributed by atoms with E-state index in [4.69, 9.17) is 9.47 Å². The van der Waals surface area contributed by atoms with Crippen LogP contribution in [0.4, 0.5) is 11.6 Å². The number of amides is 1. The Morgan fingerprint density at radius 3 is 2.52 bits per heavy atom. The summed E-state index contributed by atoms with van der Waals surface area (Å²) in [5.41, 5.74) is 2.19. The van der Waals surface area contributed by atoms with Crippen molar-refractivity contribution in [1.82, 2.24) is 9.97 Å². The van der Waals surface area contributed by atoms with Gasteiger partial charge in [0.1, 0.15) is 5.56 Å². The van der Waals surface area contributed by atoms with Crippen molar-refractivity contribution in [2.45, 2.75) is 6.92 Å². The van der Waals surface area contributed by atoms with Gasteiger partial charge in [0.05, 0.1) is 17.9 Å². The van der Waals surface area contributed by atoms with Crippen molar-refractivity contribution in [3.8, 4) is 11.3 Å². The zero-order chi connectivity index (χ0) is 23.6. The molecule has 0 atom stereocenters. The highest BCUT2D eigenvalue weighted by molar-refractivity contribution is 7.99. The Morgan fingerprint density at radius 2 is 1.79 bits per heavy atom. The second kappa shape index (κ2) is 11.6. The number of carbonyl (C=O) groups excluding carboxylic acids is 3. The van der Waals surface area contributed by atoms with E-state index in [0.717, 1.165) is 5.69 Å². The molecule has 2 N–H and O–H groups in total. The topological polar surface area (TPSA) is 120 Å². The van der Waals surface area contributed by atoms with E-state index in [1.54, 1.807) is 49.4 Å². The van der Waals surface area contributed by atoms with Crippen LogP contribution >= 0.6 is 11.9 Å². The average molecular weight is 467 g/mol. The van der Waals surface area contributed by atoms with Crippen LogP contribution in [0.1, 0.15) is 27.6 Å². The van der Waals surface area contributed by atoms with Gasteiger partial charge in [-0.05, 0) is 25.1 Å². The summed E-state index contributed by atoms with van der Waals surface area (Å²) in [6, 6.07) is 15.7. The molecule has 0 spiro atoms. The van der Waals surface area contributed by atoms with Crippen LogP contribution < -0.4 is 10.0 Å². The number of nitrogens with zero attached hydrogens (tertiary/aromatic N) is 2. The van der Waals surface area contributed by atoms with Gasteiger partial charge in [-0.2, -0.15) is 0 Å². The summed E-state index contributed by atoms with van der Waals surface area (Å²) >= 11 is 1.39. The van der Waals surface area contributed by atoms with Crippen LogP contribution in [0.3, 0.4) is 0 Å². The summed E-state index contributed by atoms with van der Waals surface area (Å²) in [4.78, 5) is 45.2. The molecule has 1 aromatic heterocycles. The van der Waals surface area contributed by atoms with E-state index >= 15 is 0 Å². The second-order valence-corrected chi connectivity index (χ2v) is 7.17. The van der Waals surface area contributed by atoms with Gasteiger partial charge in [0.25, 0.3) is 5.91 Å². The molecule has 0 saturated carbocycles. The fourth-order valence-corrected chi connectivity index (χ4v) is 3.18. The highest BCUT2D eigenvalue weighted by atomic mass is 32.2. The van der Waals surface area contributed by atoms with Crippen molar-refractivity contribution in [2.75, 3.05) is 29.5 Å². The van der Waals surface area contributed by atoms with Crippen LogP contribution in [-0.4, -0.2) is 47.3 Å². The van der Waals surface area contributed by atoms with Crippen molar-refractivity contribution >= 4 is 41.4 Å². The highest BCUT2D eigenvalue weighted by Gasteiger charge is 2.18. The van der Waals surface area contributed by atoms with E-state index in [1.807, 2.05) is 18.4 Å². The first-order valence-corrected chi connectivity index (χ1v) is 11.2. The summed E-state index contributed by atoms with van der Waals surface area (Å²) in [5.74, 6) is -1.86. The highest BCUT2D eigenvalue weighted by Crippen LogP contribution is 2.23. The van der Waals surface area contributed by atoms with Crippen LogP contribution in [0.2, 0.25) is 0 Å². The zero-order valence-corrected chi connectivity index (χ0v) is 18.8. The summed E-state index contributed by atoms with van der Waals surface area (Å²) in [5, 5.41) is 2.48. The van der Waals surface area contributed by atoms with Gasteiger partial charge in [0, 0.05) is 23.7 Å². The quantitative estimate of drug-likeness (QED) is 0.358. The number of rotatable bonds is 9. The summed E-state index contributed by atoms with van der Waals surface area (Å²) in [6.45, 7) is 1.38. The zero-order valence-electron chi connectivity index (χ0n) is 18.0. The van der Waals surface area contributed by atoms with Gasteiger partial charge in [-0.1, -0.05) is 48.3 Å². The molecule has 0 aliphatic heterocycles. The number of anilines is 2. The predicted octanol–water partition coefficient (Wildman–Crippen LogP) is 3.81. The lowest BCUT2D eigenvalue weighted by Crippen LogP contribution is -2.22. The molecule has 0 bridgehead atoms. The van der Waals surface area contributed by atoms with Gasteiger partial charge in [0.15, 0.2) is 6.61 Å². The van der Waals surface area contributed by atoms with E-state index in [2.05, 4.69) is 20.0 Å². The number of nitrogens with one attached hydrogen (secondary N) is 2. The molecule has 0 aliphatic rings. The number of benzene rings is 2. The molecule has 0 radical (unpaired) electrons. The van der Waals surface area contributed by atoms with Crippen molar-refractivity contribution in [1.29, 1.82) is 0 Å². The Kier molecular flexibility index (Phi) is 8.36. The Bertz CT molecular complexity index is 1140. The van der Waals surface area contributed by atoms with Crippen LogP contribution in [0.5, 0.6) is 0 Å². The van der Waals surface area contributed by atoms with Gasteiger partial charge in [-0.15, -0.1) is 0 Å². The Hall–Kier alpha value is -3.92. The monoisotopic (exact) mass is 466 g/mol. The minimum Gasteiger partial charge on any atom is -0.462 e. The number of hydrogen-bond donors (Lipinski definition) is 2. The Morgan fingerprint density at radius 1 is 1.00 bits per heavy atom. The maximum Gasteiger partial charge on any atom is 0.341 e. The number of carbonyl (C=O) groups is 3. The number of hydrogen-bond acceptors (Lipinski definition) is 9. The smallest absolute Gasteiger partial charge is 0.341 e. The molecule has 0 fully saturated rings. The molecule has 1 heterocycles. The van der Waals surface area contributed by atoms with Gasteiger partial charge < -0.3 is 14.2 Å². The minimum absolute atomic E-state index is 0.0332. The molecule has 170 valence electrons. The van der Waals surface area contributed by atoms with Crippen LogP contribution in [-0.2, 0) is 14.3 Å². The number of ether oxygens (including phenoxy) is 2. The second-order valence-electron chi connectivity index (χ2n) is 6.55. The summed E-state index contributed by atoms with van der Waals surface area (Å²) in [6.07, 6.45) is 3.15. The average Bonchev–Trinajstić information content (AvgIpc) is 2.83. The molecule has 0 aliphatic carbocycles. The first-order chi connectivity index (χ1) is 16.0. The number of esters is 2. The normalized spacial score (nSPS) is 10.2. The van der Waals surface area contributed by atoms with E-state index in [1.165, 1.54) is 18.1 Å². The summed E-state index contributed by atoms with van der Waals surface area (Å²) in [7, 11) is 0. The minimum atomic E-state index is -0.640. The van der Waals surface area contributed by atoms with Crippen molar-refractivity contribution in [3.63, 3.8) is 0 Å². The molecule has 10 heteroatoms. The summed E-state index contributed by atoms with van der Waals surface area (Å²) < 4.78 is 13.2. The molecule has 3 rings (SSSR count). The third-order valence-corrected chi connectivity index (χ3v) is 4.67. The van der Waals surface area contributed by atoms with E-state index in [9.17, 15) is 14.4 Å². The maximum atomic E-state index is 12.3. The van der Waals surface area contributed by atoms with Crippen LogP contribution in [0, 0.1) is 0 Å². The van der Waals surface area contributed by atoms with E-state index < -0.39 is 24.5 Å². The van der Waals surface area contributed by atoms with Gasteiger partial charge >= 0.3 is 11.9 Å². The molecule has 9 nitrogen and oxygen atoms in total. The fraction of sp³-hybridized carbons (Fsp3) is 0.174. The standard InChI is InChI=1S/C23H22N4O5S/c1-3-31-22(30)18-13-24-23(26-20(18)15-8-5-4-6-9-15)25-19(28)14-32-21(29)16-10-7-11-17(12-16)27-33-2/h4-13,27H,3,14H2,1-2H3,(H,24,25,26,28). The van der Waals surface area contributed by atoms with Gasteiger partial charge in [-0.25, -0.2) is 19.6 Å². The van der Waals surface area contributed by atoms with Crippen molar-refractivity contribution in [2.24, 2.45) is 0 Å². The third kappa shape index (κ3) is 6.53.